The van der Waals surface area contributed by atoms with Crippen LogP contribution in [-0.2, 0) is 6.54 Å². The topological polar surface area (TPSA) is 66.5 Å². The third kappa shape index (κ3) is 3.14. The molecule has 0 aliphatic carbocycles. The van der Waals surface area contributed by atoms with Gasteiger partial charge < -0.3 is 5.32 Å². The third-order valence-corrected chi connectivity index (χ3v) is 3.47. The van der Waals surface area contributed by atoms with Gasteiger partial charge in [-0.2, -0.15) is 5.10 Å². The van der Waals surface area contributed by atoms with Crippen molar-refractivity contribution in [2.45, 2.75) is 19.5 Å². The minimum Gasteiger partial charge on any atom is -0.306 e. The lowest BCUT2D eigenvalue weighted by atomic mass is 10.1. The molecule has 3 aromatic heterocycles. The summed E-state index contributed by atoms with van der Waals surface area (Å²) in [6, 6.07) is 8.25. The predicted molar refractivity (Wildman–Crippen MR) is 81.3 cm³/mol. The Morgan fingerprint density at radius 1 is 1.10 bits per heavy atom. The number of pyridine rings is 2. The van der Waals surface area contributed by atoms with Gasteiger partial charge in [0.15, 0.2) is 0 Å². The van der Waals surface area contributed by atoms with Gasteiger partial charge in [-0.3, -0.25) is 15.1 Å². The number of nitrogens with zero attached hydrogens (tertiary/aromatic N) is 3. The van der Waals surface area contributed by atoms with Crippen LogP contribution in [0.5, 0.6) is 0 Å². The van der Waals surface area contributed by atoms with E-state index in [1.54, 1.807) is 6.20 Å². The van der Waals surface area contributed by atoms with Gasteiger partial charge in [-0.15, -0.1) is 0 Å². The zero-order valence-corrected chi connectivity index (χ0v) is 11.8. The number of aromatic amines is 1. The van der Waals surface area contributed by atoms with Crippen LogP contribution in [0.3, 0.4) is 0 Å². The minimum atomic E-state index is 0.254. The maximum atomic E-state index is 4.15. The Kier molecular flexibility index (Phi) is 4.02. The first-order valence-corrected chi connectivity index (χ1v) is 6.90. The molecule has 1 atom stereocenters. The molecule has 5 heteroatoms. The van der Waals surface area contributed by atoms with Crippen LogP contribution in [0.15, 0.2) is 55.2 Å². The second kappa shape index (κ2) is 6.28. The maximum absolute atomic E-state index is 4.15. The van der Waals surface area contributed by atoms with Crippen LogP contribution in [0.25, 0.3) is 11.3 Å². The van der Waals surface area contributed by atoms with Crippen LogP contribution in [0.1, 0.15) is 24.1 Å². The molecule has 0 unspecified atom stereocenters. The van der Waals surface area contributed by atoms with E-state index in [0.29, 0.717) is 0 Å². The molecule has 2 N–H and O–H groups in total. The first kappa shape index (κ1) is 13.5. The van der Waals surface area contributed by atoms with Crippen LogP contribution in [-0.4, -0.2) is 20.2 Å². The first-order chi connectivity index (χ1) is 10.3. The molecule has 106 valence electrons. The van der Waals surface area contributed by atoms with Crippen molar-refractivity contribution in [1.82, 2.24) is 25.5 Å². The van der Waals surface area contributed by atoms with E-state index in [-0.39, 0.29) is 6.04 Å². The molecule has 0 saturated heterocycles. The highest BCUT2D eigenvalue weighted by molar-refractivity contribution is 5.61. The Bertz CT molecular complexity index is 678. The highest BCUT2D eigenvalue weighted by Gasteiger charge is 2.10. The van der Waals surface area contributed by atoms with Gasteiger partial charge >= 0.3 is 0 Å². The van der Waals surface area contributed by atoms with E-state index in [1.807, 2.05) is 49.1 Å². The highest BCUT2D eigenvalue weighted by atomic mass is 15.1. The van der Waals surface area contributed by atoms with Gasteiger partial charge in [-0.05, 0) is 36.8 Å². The summed E-state index contributed by atoms with van der Waals surface area (Å²) in [6.45, 7) is 2.88. The number of hydrogen-bond acceptors (Lipinski definition) is 4. The van der Waals surface area contributed by atoms with Crippen molar-refractivity contribution >= 4 is 0 Å². The molecule has 0 saturated carbocycles. The Labute approximate surface area is 123 Å². The largest absolute Gasteiger partial charge is 0.306 e. The lowest BCUT2D eigenvalue weighted by Gasteiger charge is -2.14. The summed E-state index contributed by atoms with van der Waals surface area (Å²) in [5, 5.41) is 10.7. The molecule has 21 heavy (non-hydrogen) atoms. The molecule has 5 nitrogen and oxygen atoms in total. The minimum absolute atomic E-state index is 0.254. The van der Waals surface area contributed by atoms with Gasteiger partial charge in [0.2, 0.25) is 0 Å². The van der Waals surface area contributed by atoms with E-state index in [2.05, 4.69) is 32.4 Å². The van der Waals surface area contributed by atoms with Gasteiger partial charge in [0.1, 0.15) is 0 Å². The van der Waals surface area contributed by atoms with E-state index < -0.39 is 0 Å². The fraction of sp³-hybridized carbons (Fsp3) is 0.188. The van der Waals surface area contributed by atoms with Gasteiger partial charge in [0.05, 0.1) is 11.9 Å². The van der Waals surface area contributed by atoms with Crippen LogP contribution >= 0.6 is 0 Å². The number of nitrogens with one attached hydrogen (secondary N) is 2. The fourth-order valence-corrected chi connectivity index (χ4v) is 2.24. The molecule has 0 aliphatic rings. The monoisotopic (exact) mass is 279 g/mol. The van der Waals surface area contributed by atoms with E-state index in [4.69, 9.17) is 0 Å². The van der Waals surface area contributed by atoms with Crippen LogP contribution in [0.4, 0.5) is 0 Å². The molecule has 0 radical (unpaired) electrons. The molecule has 0 spiro atoms. The van der Waals surface area contributed by atoms with E-state index in [0.717, 1.165) is 23.4 Å². The maximum Gasteiger partial charge on any atom is 0.0710 e. The van der Waals surface area contributed by atoms with E-state index in [9.17, 15) is 0 Å². The standard InChI is InChI=1S/C16H17N5/c1-12(13-4-7-17-8-5-13)19-10-15-11-20-21-16(15)14-3-2-6-18-9-14/h2-9,11-12,19H,10H2,1H3,(H,20,21)/t12-/m0/s1. The summed E-state index contributed by atoms with van der Waals surface area (Å²) in [5.41, 5.74) is 4.40. The SMILES string of the molecule is C[C@H](NCc1cn[nH]c1-c1cccnc1)c1ccncc1. The van der Waals surface area contributed by atoms with Gasteiger partial charge in [-0.1, -0.05) is 0 Å². The second-order valence-electron chi connectivity index (χ2n) is 4.90. The normalized spacial score (nSPS) is 12.2. The summed E-state index contributed by atoms with van der Waals surface area (Å²) in [6.07, 6.45) is 9.08. The lowest BCUT2D eigenvalue weighted by Crippen LogP contribution is -2.18. The van der Waals surface area contributed by atoms with Gasteiger partial charge in [-0.25, -0.2) is 0 Å². The van der Waals surface area contributed by atoms with Crippen molar-refractivity contribution in [3.8, 4) is 11.3 Å². The molecule has 3 rings (SSSR count). The smallest absolute Gasteiger partial charge is 0.0710 e. The lowest BCUT2D eigenvalue weighted by molar-refractivity contribution is 0.575. The van der Waals surface area contributed by atoms with Crippen molar-refractivity contribution in [1.29, 1.82) is 0 Å². The molecule has 0 aliphatic heterocycles. The highest BCUT2D eigenvalue weighted by Crippen LogP contribution is 2.20. The Hall–Kier alpha value is -2.53. The summed E-state index contributed by atoms with van der Waals surface area (Å²) in [4.78, 5) is 8.19. The zero-order chi connectivity index (χ0) is 14.5. The Morgan fingerprint density at radius 3 is 2.71 bits per heavy atom. The predicted octanol–water partition coefficient (Wildman–Crippen LogP) is 2.72. The zero-order valence-electron chi connectivity index (χ0n) is 11.8. The Balaban J connectivity index is 1.71. The van der Waals surface area contributed by atoms with Crippen molar-refractivity contribution in [2.24, 2.45) is 0 Å². The van der Waals surface area contributed by atoms with Crippen molar-refractivity contribution < 1.29 is 0 Å². The third-order valence-electron chi connectivity index (χ3n) is 3.47. The van der Waals surface area contributed by atoms with E-state index in [1.165, 1.54) is 5.56 Å². The number of H-pyrrole nitrogens is 1. The quantitative estimate of drug-likeness (QED) is 0.753. The first-order valence-electron chi connectivity index (χ1n) is 6.90. The second-order valence-corrected chi connectivity index (χ2v) is 4.90. The molecular formula is C16H17N5. The molecular weight excluding hydrogens is 262 g/mol. The Morgan fingerprint density at radius 2 is 1.95 bits per heavy atom. The molecule has 0 aromatic carbocycles. The summed E-state index contributed by atoms with van der Waals surface area (Å²) >= 11 is 0. The van der Waals surface area contributed by atoms with Crippen LogP contribution in [0, 0.1) is 0 Å². The number of hydrogen-bond donors (Lipinski definition) is 2. The number of rotatable bonds is 5. The van der Waals surface area contributed by atoms with Crippen molar-refractivity contribution in [3.63, 3.8) is 0 Å². The number of aromatic nitrogens is 4. The summed E-state index contributed by atoms with van der Waals surface area (Å²) in [7, 11) is 0. The van der Waals surface area contributed by atoms with Crippen LogP contribution < -0.4 is 5.32 Å². The average molecular weight is 279 g/mol. The van der Waals surface area contributed by atoms with Crippen molar-refractivity contribution in [2.75, 3.05) is 0 Å². The molecule has 0 amide bonds. The van der Waals surface area contributed by atoms with Gasteiger partial charge in [0, 0.05) is 48.5 Å². The molecule has 0 fully saturated rings. The van der Waals surface area contributed by atoms with Crippen LogP contribution in [0.2, 0.25) is 0 Å². The van der Waals surface area contributed by atoms with Gasteiger partial charge in [0.25, 0.3) is 0 Å². The molecule has 3 aromatic rings. The average Bonchev–Trinajstić information content (AvgIpc) is 3.03. The summed E-state index contributed by atoms with van der Waals surface area (Å²) < 4.78 is 0. The van der Waals surface area contributed by atoms with Crippen molar-refractivity contribution in [3.05, 3.63) is 66.4 Å². The van der Waals surface area contributed by atoms with E-state index >= 15 is 0 Å². The molecule has 0 bridgehead atoms. The summed E-state index contributed by atoms with van der Waals surface area (Å²) in [5.74, 6) is 0. The fourth-order valence-electron chi connectivity index (χ4n) is 2.24. The molecule has 3 heterocycles.